The summed E-state index contributed by atoms with van der Waals surface area (Å²) < 4.78 is 0. The fourth-order valence-electron chi connectivity index (χ4n) is 8.99. The van der Waals surface area contributed by atoms with Crippen LogP contribution in [0.4, 0.5) is 0 Å². The number of hydrogen-bond donors (Lipinski definition) is 0. The van der Waals surface area contributed by atoms with Crippen molar-refractivity contribution >= 4 is 0 Å². The maximum atomic E-state index is 2.44. The Balaban J connectivity index is 1.37. The Morgan fingerprint density at radius 2 is 0.527 bits per heavy atom. The first-order chi connectivity index (χ1) is 27.3. The van der Waals surface area contributed by atoms with E-state index in [2.05, 4.69) is 92.7 Å². The minimum atomic E-state index is 0.302. The zero-order valence-electron chi connectivity index (χ0n) is 36.6. The monoisotopic (exact) mass is 749 g/mol. The summed E-state index contributed by atoms with van der Waals surface area (Å²) >= 11 is 0. The molecule has 0 amide bonds. The van der Waals surface area contributed by atoms with Crippen molar-refractivity contribution in [3.8, 4) is 0 Å². The second-order valence-electron chi connectivity index (χ2n) is 17.3. The summed E-state index contributed by atoms with van der Waals surface area (Å²) in [5.41, 5.74) is 7.59. The van der Waals surface area contributed by atoms with Crippen molar-refractivity contribution in [2.45, 2.75) is 238 Å². The molecule has 3 aromatic carbocycles. The Morgan fingerprint density at radius 3 is 0.836 bits per heavy atom. The van der Waals surface area contributed by atoms with Gasteiger partial charge in [0.15, 0.2) is 0 Å². The van der Waals surface area contributed by atoms with E-state index in [0.717, 1.165) is 0 Å². The zero-order chi connectivity index (χ0) is 38.7. The van der Waals surface area contributed by atoms with Gasteiger partial charge in [-0.15, -0.1) is 0 Å². The third-order valence-electron chi connectivity index (χ3n) is 12.5. The molecule has 0 unspecified atom stereocenters. The van der Waals surface area contributed by atoms with Crippen LogP contribution in [0.15, 0.2) is 78.9 Å². The fourth-order valence-corrected chi connectivity index (χ4v) is 8.99. The predicted molar refractivity (Wildman–Crippen MR) is 247 cm³/mol. The van der Waals surface area contributed by atoms with Crippen molar-refractivity contribution in [2.75, 3.05) is 0 Å². The Hall–Kier alpha value is -2.34. The smallest absolute Gasteiger partial charge is 0.0345 e. The zero-order valence-corrected chi connectivity index (χ0v) is 36.6. The average Bonchev–Trinajstić information content (AvgIpc) is 3.22. The van der Waals surface area contributed by atoms with E-state index in [1.807, 2.05) is 0 Å². The Kier molecular flexibility index (Phi) is 28.9. The van der Waals surface area contributed by atoms with Crippen LogP contribution in [-0.4, -0.2) is 0 Å². The molecule has 0 aromatic heterocycles. The minimum Gasteiger partial charge on any atom is -0.0654 e. The predicted octanol–water partition coefficient (Wildman–Crippen LogP) is 18.5. The minimum absolute atomic E-state index is 0.302. The number of hydrogen-bond acceptors (Lipinski definition) is 0. The summed E-state index contributed by atoms with van der Waals surface area (Å²) in [5, 5.41) is 0. The normalized spacial score (nSPS) is 11.5. The van der Waals surface area contributed by atoms with Gasteiger partial charge in [-0.25, -0.2) is 0 Å². The number of unbranched alkanes of at least 4 members (excludes halogenated alkanes) is 30. The molecule has 0 atom stereocenters. The molecule has 0 aliphatic heterocycles. The van der Waals surface area contributed by atoms with Crippen molar-refractivity contribution in [3.05, 3.63) is 107 Å². The summed E-state index contributed by atoms with van der Waals surface area (Å²) in [4.78, 5) is 0. The van der Waals surface area contributed by atoms with Crippen LogP contribution < -0.4 is 0 Å². The van der Waals surface area contributed by atoms with E-state index in [1.54, 1.807) is 11.1 Å². The van der Waals surface area contributed by atoms with Gasteiger partial charge in [-0.05, 0) is 53.5 Å². The van der Waals surface area contributed by atoms with E-state index < -0.39 is 0 Å². The summed E-state index contributed by atoms with van der Waals surface area (Å²) in [5.74, 6) is 0.302. The van der Waals surface area contributed by atoms with Gasteiger partial charge in [-0.3, -0.25) is 0 Å². The van der Waals surface area contributed by atoms with Gasteiger partial charge in [0.2, 0.25) is 0 Å². The lowest BCUT2D eigenvalue weighted by molar-refractivity contribution is 0.529. The van der Waals surface area contributed by atoms with Crippen molar-refractivity contribution < 1.29 is 0 Å². The van der Waals surface area contributed by atoms with Crippen molar-refractivity contribution in [2.24, 2.45) is 0 Å². The molecule has 0 saturated carbocycles. The molecule has 308 valence electrons. The molecule has 3 rings (SSSR count). The quantitative estimate of drug-likeness (QED) is 0.0407. The van der Waals surface area contributed by atoms with Crippen LogP contribution in [0.2, 0.25) is 0 Å². The molecule has 0 spiro atoms. The molecule has 0 saturated heterocycles. The fraction of sp³-hybridized carbons (Fsp3) is 0.673. The average molecular weight is 749 g/mol. The molecule has 0 N–H and O–H groups in total. The van der Waals surface area contributed by atoms with Crippen molar-refractivity contribution in [1.29, 1.82) is 0 Å². The van der Waals surface area contributed by atoms with E-state index in [4.69, 9.17) is 0 Å². The topological polar surface area (TPSA) is 0 Å². The highest BCUT2D eigenvalue weighted by atomic mass is 14.3. The molecule has 0 heterocycles. The van der Waals surface area contributed by atoms with Gasteiger partial charge in [0.05, 0.1) is 0 Å². The first kappa shape index (κ1) is 47.0. The molecule has 3 aromatic rings. The van der Waals surface area contributed by atoms with Crippen LogP contribution in [0.25, 0.3) is 0 Å². The lowest BCUT2D eigenvalue weighted by atomic mass is 9.79. The molecule has 0 aliphatic carbocycles. The van der Waals surface area contributed by atoms with Gasteiger partial charge in [-0.1, -0.05) is 285 Å². The lowest BCUT2D eigenvalue weighted by Gasteiger charge is -2.24. The van der Waals surface area contributed by atoms with Crippen LogP contribution in [0.5, 0.6) is 0 Å². The Morgan fingerprint density at radius 1 is 0.273 bits per heavy atom. The van der Waals surface area contributed by atoms with Crippen LogP contribution in [-0.2, 0) is 12.8 Å². The largest absolute Gasteiger partial charge is 0.0654 e. The molecular formula is C55H88. The first-order valence-electron chi connectivity index (χ1n) is 24.6. The third-order valence-corrected chi connectivity index (χ3v) is 12.5. The van der Waals surface area contributed by atoms with Crippen LogP contribution in [0.3, 0.4) is 0 Å². The standard InChI is InChI=1S/C55H88/c1-3-5-7-9-11-13-15-17-19-21-23-25-27-29-31-34-42-50-44-38-40-48-53(50)55(52-46-36-33-37-47-52)54-49-41-39-45-51(54)43-35-32-30-28-26-24-22-20-18-16-14-12-10-8-6-4-2/h33,36-41,44-49,55H,3-32,34-35,42-43H2,1-2H3. The molecule has 0 nitrogen and oxygen atoms in total. The molecule has 0 aliphatic rings. The highest BCUT2D eigenvalue weighted by molar-refractivity contribution is 5.49. The van der Waals surface area contributed by atoms with Crippen LogP contribution in [0, 0.1) is 0 Å². The van der Waals surface area contributed by atoms with Crippen LogP contribution in [0.1, 0.15) is 253 Å². The van der Waals surface area contributed by atoms with Gasteiger partial charge in [0.25, 0.3) is 0 Å². The van der Waals surface area contributed by atoms with Gasteiger partial charge < -0.3 is 0 Å². The molecular weight excluding hydrogens is 661 g/mol. The number of benzene rings is 3. The van der Waals surface area contributed by atoms with E-state index in [1.165, 1.54) is 235 Å². The van der Waals surface area contributed by atoms with Gasteiger partial charge >= 0.3 is 0 Å². The van der Waals surface area contributed by atoms with E-state index in [9.17, 15) is 0 Å². The van der Waals surface area contributed by atoms with E-state index in [0.29, 0.717) is 5.92 Å². The van der Waals surface area contributed by atoms with E-state index >= 15 is 0 Å². The molecule has 0 bridgehead atoms. The second kappa shape index (κ2) is 33.8. The van der Waals surface area contributed by atoms with Crippen LogP contribution >= 0.6 is 0 Å². The SMILES string of the molecule is CCCCCCCCCCCCCCCCCCc1ccccc1C(c1ccccc1)c1ccccc1CCCCCCCCCCCCCCCCCC. The third kappa shape index (κ3) is 22.3. The first-order valence-corrected chi connectivity index (χ1v) is 24.6. The maximum absolute atomic E-state index is 2.44. The van der Waals surface area contributed by atoms with E-state index in [-0.39, 0.29) is 0 Å². The van der Waals surface area contributed by atoms with Crippen molar-refractivity contribution in [1.82, 2.24) is 0 Å². The van der Waals surface area contributed by atoms with Gasteiger partial charge in [0.1, 0.15) is 0 Å². The molecule has 0 heteroatoms. The molecule has 55 heavy (non-hydrogen) atoms. The molecule has 0 radical (unpaired) electrons. The summed E-state index contributed by atoms with van der Waals surface area (Å²) in [6.07, 6.45) is 48.0. The highest BCUT2D eigenvalue weighted by Gasteiger charge is 2.21. The summed E-state index contributed by atoms with van der Waals surface area (Å²) in [7, 11) is 0. The summed E-state index contributed by atoms with van der Waals surface area (Å²) in [6, 6.07) is 30.2. The molecule has 0 fully saturated rings. The Bertz CT molecular complexity index is 1180. The Labute approximate surface area is 343 Å². The van der Waals surface area contributed by atoms with Crippen molar-refractivity contribution in [3.63, 3.8) is 0 Å². The highest BCUT2D eigenvalue weighted by Crippen LogP contribution is 2.37. The lowest BCUT2D eigenvalue weighted by Crippen LogP contribution is -2.09. The number of aryl methyl sites for hydroxylation is 2. The summed E-state index contributed by atoms with van der Waals surface area (Å²) in [6.45, 7) is 4.62. The van der Waals surface area contributed by atoms with Gasteiger partial charge in [0, 0.05) is 5.92 Å². The maximum Gasteiger partial charge on any atom is 0.0345 e. The van der Waals surface area contributed by atoms with Gasteiger partial charge in [-0.2, -0.15) is 0 Å². The second-order valence-corrected chi connectivity index (χ2v) is 17.3. The number of rotatable bonds is 37.